The summed E-state index contributed by atoms with van der Waals surface area (Å²) in [5.41, 5.74) is -0.671. The van der Waals surface area contributed by atoms with E-state index in [1.54, 1.807) is 0 Å². The zero-order chi connectivity index (χ0) is 9.90. The molecule has 1 aliphatic rings. The minimum Gasteiger partial charge on any atom is -0.388 e. The van der Waals surface area contributed by atoms with E-state index in [-0.39, 0.29) is 12.0 Å². The number of nitrogens with one attached hydrogen (secondary N) is 1. The van der Waals surface area contributed by atoms with Gasteiger partial charge in [-0.2, -0.15) is 0 Å². The van der Waals surface area contributed by atoms with Crippen LogP contribution in [0.1, 0.15) is 20.3 Å². The maximum absolute atomic E-state index is 10.3. The molecule has 0 heterocycles. The van der Waals surface area contributed by atoms with E-state index < -0.39 is 5.60 Å². The van der Waals surface area contributed by atoms with Gasteiger partial charge in [0.2, 0.25) is 0 Å². The van der Waals surface area contributed by atoms with Gasteiger partial charge in [-0.25, -0.2) is 0 Å². The molecular formula is C11H19NO. The maximum atomic E-state index is 10.3. The molecule has 13 heavy (non-hydrogen) atoms. The van der Waals surface area contributed by atoms with E-state index in [9.17, 15) is 5.11 Å². The summed E-state index contributed by atoms with van der Waals surface area (Å²) in [5.74, 6) is 0.222. The van der Waals surface area contributed by atoms with E-state index in [4.69, 9.17) is 0 Å². The van der Waals surface area contributed by atoms with Crippen molar-refractivity contribution in [3.63, 3.8) is 0 Å². The Balaban J connectivity index is 2.68. The van der Waals surface area contributed by atoms with Gasteiger partial charge in [0.1, 0.15) is 0 Å². The van der Waals surface area contributed by atoms with Gasteiger partial charge in [0.05, 0.1) is 5.60 Å². The molecule has 0 saturated carbocycles. The fourth-order valence-corrected chi connectivity index (χ4v) is 1.63. The van der Waals surface area contributed by atoms with Crippen LogP contribution in [0.4, 0.5) is 0 Å². The molecule has 1 unspecified atom stereocenters. The highest BCUT2D eigenvalue weighted by Crippen LogP contribution is 2.27. The van der Waals surface area contributed by atoms with Gasteiger partial charge in [-0.3, -0.25) is 0 Å². The number of hydrogen-bond donors (Lipinski definition) is 2. The molecule has 0 amide bonds. The van der Waals surface area contributed by atoms with Gasteiger partial charge < -0.3 is 10.4 Å². The zero-order valence-corrected chi connectivity index (χ0v) is 8.62. The summed E-state index contributed by atoms with van der Waals surface area (Å²) < 4.78 is 0. The quantitative estimate of drug-likeness (QED) is 0.691. The number of likely N-dealkylation sites (N-methyl/N-ethyl adjacent to an activating group) is 1. The molecule has 0 aliphatic heterocycles. The summed E-state index contributed by atoms with van der Waals surface area (Å²) in [7, 11) is 1.88. The molecular weight excluding hydrogens is 162 g/mol. The number of aliphatic hydroxyl groups is 1. The predicted molar refractivity (Wildman–Crippen MR) is 55.5 cm³/mol. The second kappa shape index (κ2) is 4.07. The van der Waals surface area contributed by atoms with Crippen molar-refractivity contribution in [1.29, 1.82) is 0 Å². The van der Waals surface area contributed by atoms with Crippen LogP contribution in [0.15, 0.2) is 24.3 Å². The van der Waals surface area contributed by atoms with E-state index >= 15 is 0 Å². The molecule has 0 bridgehead atoms. The Morgan fingerprint density at radius 2 is 2.23 bits per heavy atom. The molecule has 0 radical (unpaired) electrons. The van der Waals surface area contributed by atoms with Gasteiger partial charge in [0.15, 0.2) is 0 Å². The van der Waals surface area contributed by atoms with Crippen LogP contribution in [0, 0.1) is 5.92 Å². The highest BCUT2D eigenvalue weighted by molar-refractivity contribution is 5.15. The molecule has 2 heteroatoms. The Morgan fingerprint density at radius 3 is 2.69 bits per heavy atom. The lowest BCUT2D eigenvalue weighted by Crippen LogP contribution is -2.50. The molecule has 2 N–H and O–H groups in total. The van der Waals surface area contributed by atoms with E-state index in [0.717, 1.165) is 6.42 Å². The third-order valence-electron chi connectivity index (χ3n) is 3.04. The summed E-state index contributed by atoms with van der Waals surface area (Å²) in [6.45, 7) is 3.90. The van der Waals surface area contributed by atoms with Crippen LogP contribution in [-0.2, 0) is 0 Å². The first kappa shape index (κ1) is 10.5. The molecule has 0 fully saturated rings. The van der Waals surface area contributed by atoms with Gasteiger partial charge in [-0.15, -0.1) is 0 Å². The van der Waals surface area contributed by atoms with Crippen molar-refractivity contribution in [1.82, 2.24) is 5.32 Å². The first-order valence-corrected chi connectivity index (χ1v) is 4.82. The SMILES string of the molecule is CN[C@@H](C)[C@@](C)(O)C1C=CC=CC1. The summed E-state index contributed by atoms with van der Waals surface area (Å²) >= 11 is 0. The smallest absolute Gasteiger partial charge is 0.0834 e. The second-order valence-corrected chi connectivity index (χ2v) is 3.89. The molecule has 0 spiro atoms. The summed E-state index contributed by atoms with van der Waals surface area (Å²) in [6.07, 6.45) is 9.13. The van der Waals surface area contributed by atoms with Gasteiger partial charge in [-0.05, 0) is 27.3 Å². The Morgan fingerprint density at radius 1 is 1.54 bits per heavy atom. The van der Waals surface area contributed by atoms with Crippen LogP contribution < -0.4 is 5.32 Å². The minimum atomic E-state index is -0.671. The van der Waals surface area contributed by atoms with Crippen LogP contribution in [0.3, 0.4) is 0 Å². The number of rotatable bonds is 3. The highest BCUT2D eigenvalue weighted by Gasteiger charge is 2.34. The first-order chi connectivity index (χ1) is 6.09. The predicted octanol–water partition coefficient (Wildman–Crippen LogP) is 1.48. The fraction of sp³-hybridized carbons (Fsp3) is 0.636. The second-order valence-electron chi connectivity index (χ2n) is 3.89. The lowest BCUT2D eigenvalue weighted by Gasteiger charge is -2.36. The Kier molecular flexibility index (Phi) is 3.28. The van der Waals surface area contributed by atoms with Crippen molar-refractivity contribution < 1.29 is 5.11 Å². The van der Waals surface area contributed by atoms with Crippen LogP contribution in [0.5, 0.6) is 0 Å². The highest BCUT2D eigenvalue weighted by atomic mass is 16.3. The number of allylic oxidation sites excluding steroid dienone is 3. The molecule has 1 rings (SSSR count). The van der Waals surface area contributed by atoms with Crippen LogP contribution in [0.25, 0.3) is 0 Å². The molecule has 74 valence electrons. The van der Waals surface area contributed by atoms with Crippen molar-refractivity contribution in [2.45, 2.75) is 31.9 Å². The molecule has 3 atom stereocenters. The Hall–Kier alpha value is -0.600. The van der Waals surface area contributed by atoms with E-state index in [0.29, 0.717) is 0 Å². The largest absolute Gasteiger partial charge is 0.388 e. The Bertz CT molecular complexity index is 218. The van der Waals surface area contributed by atoms with E-state index in [1.165, 1.54) is 0 Å². The average molecular weight is 181 g/mol. The van der Waals surface area contributed by atoms with E-state index in [2.05, 4.69) is 17.5 Å². The van der Waals surface area contributed by atoms with Gasteiger partial charge in [0.25, 0.3) is 0 Å². The average Bonchev–Trinajstić information content (AvgIpc) is 2.18. The van der Waals surface area contributed by atoms with Crippen molar-refractivity contribution in [3.8, 4) is 0 Å². The van der Waals surface area contributed by atoms with Crippen LogP contribution in [-0.4, -0.2) is 23.8 Å². The van der Waals surface area contributed by atoms with Crippen LogP contribution >= 0.6 is 0 Å². The third kappa shape index (κ3) is 2.20. The van der Waals surface area contributed by atoms with E-state index in [1.807, 2.05) is 33.0 Å². The summed E-state index contributed by atoms with van der Waals surface area (Å²) in [5, 5.41) is 13.4. The maximum Gasteiger partial charge on any atom is 0.0834 e. The lowest BCUT2D eigenvalue weighted by atomic mass is 9.80. The molecule has 0 aromatic heterocycles. The third-order valence-corrected chi connectivity index (χ3v) is 3.04. The minimum absolute atomic E-state index is 0.105. The zero-order valence-electron chi connectivity index (χ0n) is 8.62. The lowest BCUT2D eigenvalue weighted by molar-refractivity contribution is -0.0102. The fourth-order valence-electron chi connectivity index (χ4n) is 1.63. The number of hydrogen-bond acceptors (Lipinski definition) is 2. The standard InChI is InChI=1S/C11H19NO/c1-9(12-3)11(2,13)10-7-5-4-6-8-10/h4-7,9-10,12-13H,8H2,1-3H3/t9-,10?,11+/m0/s1. The first-order valence-electron chi connectivity index (χ1n) is 4.82. The molecule has 2 nitrogen and oxygen atoms in total. The van der Waals surface area contributed by atoms with Gasteiger partial charge >= 0.3 is 0 Å². The summed E-state index contributed by atoms with van der Waals surface area (Å²) in [6, 6.07) is 0.105. The van der Waals surface area contributed by atoms with Crippen molar-refractivity contribution in [2.24, 2.45) is 5.92 Å². The van der Waals surface area contributed by atoms with Crippen molar-refractivity contribution >= 4 is 0 Å². The topological polar surface area (TPSA) is 32.3 Å². The van der Waals surface area contributed by atoms with Crippen molar-refractivity contribution in [3.05, 3.63) is 24.3 Å². The molecule has 0 saturated heterocycles. The van der Waals surface area contributed by atoms with Gasteiger partial charge in [0, 0.05) is 12.0 Å². The molecule has 0 aromatic rings. The monoisotopic (exact) mass is 181 g/mol. The Labute approximate surface area is 80.3 Å². The van der Waals surface area contributed by atoms with Gasteiger partial charge in [-0.1, -0.05) is 24.3 Å². The summed E-state index contributed by atoms with van der Waals surface area (Å²) in [4.78, 5) is 0. The van der Waals surface area contributed by atoms with Crippen LogP contribution in [0.2, 0.25) is 0 Å². The molecule has 0 aromatic carbocycles. The van der Waals surface area contributed by atoms with Crippen molar-refractivity contribution in [2.75, 3.05) is 7.05 Å². The normalized spacial score (nSPS) is 28.5. The molecule has 1 aliphatic carbocycles.